The van der Waals surface area contributed by atoms with Gasteiger partial charge in [-0.2, -0.15) is 0 Å². The highest BCUT2D eigenvalue weighted by Crippen LogP contribution is 2.07. The summed E-state index contributed by atoms with van der Waals surface area (Å²) >= 11 is 0. The Morgan fingerprint density at radius 1 is 1.11 bits per heavy atom. The Morgan fingerprint density at radius 2 is 1.67 bits per heavy atom. The lowest BCUT2D eigenvalue weighted by atomic mass is 10.2. The maximum Gasteiger partial charge on any atom is 0.348 e. The van der Waals surface area contributed by atoms with Crippen LogP contribution in [0.5, 0.6) is 0 Å². The second kappa shape index (κ2) is 7.98. The number of esters is 1. The number of carbonyl (C=O) groups excluding carboxylic acids is 1. The second-order valence-electron chi connectivity index (χ2n) is 2.83. The van der Waals surface area contributed by atoms with Crippen LogP contribution in [0.25, 0.3) is 0 Å². The average molecular weight is 260 g/mol. The maximum absolute atomic E-state index is 10.9. The van der Waals surface area contributed by atoms with Crippen molar-refractivity contribution in [3.05, 3.63) is 25.3 Å². The van der Waals surface area contributed by atoms with Crippen LogP contribution in [-0.4, -0.2) is 46.9 Å². The first-order valence-corrected chi connectivity index (χ1v) is 4.61. The summed E-state index contributed by atoms with van der Waals surface area (Å²) in [5.41, 5.74) is 0. The first-order valence-electron chi connectivity index (χ1n) is 4.61. The molecule has 0 aromatic rings. The summed E-state index contributed by atoms with van der Waals surface area (Å²) in [6, 6.07) is 0. The van der Waals surface area contributed by atoms with E-state index in [-0.39, 0.29) is 6.61 Å². The van der Waals surface area contributed by atoms with Gasteiger partial charge in [-0.25, -0.2) is 24.2 Å². The van der Waals surface area contributed by atoms with Crippen molar-refractivity contribution in [2.24, 2.45) is 0 Å². The van der Waals surface area contributed by atoms with Gasteiger partial charge in [-0.3, -0.25) is 0 Å². The van der Waals surface area contributed by atoms with Gasteiger partial charge in [0, 0.05) is 6.08 Å². The van der Waals surface area contributed by atoms with Gasteiger partial charge in [0.1, 0.15) is 6.61 Å². The van der Waals surface area contributed by atoms with Crippen molar-refractivity contribution >= 4 is 17.9 Å². The van der Waals surface area contributed by atoms with Gasteiger partial charge in [0.25, 0.3) is 0 Å². The van der Waals surface area contributed by atoms with Crippen LogP contribution in [0.15, 0.2) is 25.3 Å². The molecule has 0 aliphatic heterocycles. The molecule has 0 heterocycles. The van der Waals surface area contributed by atoms with Crippen LogP contribution < -0.4 is 0 Å². The first kappa shape index (κ1) is 15.8. The Morgan fingerprint density at radius 3 is 2.06 bits per heavy atom. The van der Waals surface area contributed by atoms with E-state index in [1.54, 1.807) is 0 Å². The minimum atomic E-state index is -2.06. The van der Waals surface area contributed by atoms with Gasteiger partial charge in [0.15, 0.2) is 0 Å². The Hall–Kier alpha value is -2.19. The zero-order valence-electron chi connectivity index (χ0n) is 9.27. The number of rotatable bonds is 9. The molecule has 0 aromatic carbocycles. The third-order valence-electron chi connectivity index (χ3n) is 1.53. The molecule has 0 fully saturated rings. The molecule has 0 spiro atoms. The van der Waals surface area contributed by atoms with E-state index >= 15 is 0 Å². The van der Waals surface area contributed by atoms with Crippen molar-refractivity contribution in [2.45, 2.75) is 12.2 Å². The van der Waals surface area contributed by atoms with Gasteiger partial charge in [0.2, 0.25) is 12.2 Å². The van der Waals surface area contributed by atoms with Gasteiger partial charge in [0.05, 0.1) is 0 Å². The van der Waals surface area contributed by atoms with E-state index in [1.807, 2.05) is 0 Å². The summed E-state index contributed by atoms with van der Waals surface area (Å²) in [6.07, 6.45) is -2.12. The third-order valence-corrected chi connectivity index (χ3v) is 1.53. The predicted molar refractivity (Wildman–Crippen MR) is 56.4 cm³/mol. The zero-order chi connectivity index (χ0) is 14.1. The normalized spacial score (nSPS) is 13.1. The lowest BCUT2D eigenvalue weighted by molar-refractivity contribution is -0.324. The van der Waals surface area contributed by atoms with E-state index in [2.05, 4.69) is 27.7 Å². The molecule has 0 aromatic heterocycles. The molecule has 2 N–H and O–H groups in total. The molecule has 8 heteroatoms. The molecule has 0 rings (SSSR count). The van der Waals surface area contributed by atoms with E-state index in [9.17, 15) is 14.4 Å². The van der Waals surface area contributed by atoms with E-state index in [4.69, 9.17) is 10.2 Å². The monoisotopic (exact) mass is 260 g/mol. The van der Waals surface area contributed by atoms with Crippen molar-refractivity contribution in [1.29, 1.82) is 0 Å². The lowest BCUT2D eigenvalue weighted by Gasteiger charge is -2.18. The Kier molecular flexibility index (Phi) is 7.01. The SMILES string of the molecule is C=CCOOC(C(=O)O)C(OC(=O)C=C)C(=O)O. The Labute approximate surface area is 102 Å². The van der Waals surface area contributed by atoms with E-state index < -0.39 is 30.1 Å². The summed E-state index contributed by atoms with van der Waals surface area (Å²) in [5.74, 6) is -4.45. The molecule has 0 saturated carbocycles. The maximum atomic E-state index is 10.9. The first-order chi connectivity index (χ1) is 8.43. The van der Waals surface area contributed by atoms with Crippen molar-refractivity contribution in [2.75, 3.05) is 6.61 Å². The predicted octanol–water partition coefficient (Wildman–Crippen LogP) is -0.244. The van der Waals surface area contributed by atoms with Crippen LogP contribution >= 0.6 is 0 Å². The summed E-state index contributed by atoms with van der Waals surface area (Å²) in [5, 5.41) is 17.5. The van der Waals surface area contributed by atoms with E-state index in [1.165, 1.54) is 6.08 Å². The van der Waals surface area contributed by atoms with Crippen LogP contribution in [0.4, 0.5) is 0 Å². The molecule has 0 bridgehead atoms. The molecular formula is C10H12O8. The summed E-state index contributed by atoms with van der Waals surface area (Å²) in [7, 11) is 0. The summed E-state index contributed by atoms with van der Waals surface area (Å²) in [4.78, 5) is 41.2. The fourth-order valence-corrected chi connectivity index (χ4v) is 0.797. The zero-order valence-corrected chi connectivity index (χ0v) is 9.27. The molecule has 18 heavy (non-hydrogen) atoms. The largest absolute Gasteiger partial charge is 0.479 e. The highest BCUT2D eigenvalue weighted by molar-refractivity contribution is 5.88. The van der Waals surface area contributed by atoms with Gasteiger partial charge < -0.3 is 14.9 Å². The highest BCUT2D eigenvalue weighted by atomic mass is 17.2. The smallest absolute Gasteiger partial charge is 0.348 e. The van der Waals surface area contributed by atoms with Crippen LogP contribution in [0.3, 0.4) is 0 Å². The van der Waals surface area contributed by atoms with Crippen molar-refractivity contribution < 1.29 is 39.1 Å². The minimum absolute atomic E-state index is 0.161. The topological polar surface area (TPSA) is 119 Å². The number of carbonyl (C=O) groups is 3. The molecule has 2 atom stereocenters. The van der Waals surface area contributed by atoms with Gasteiger partial charge >= 0.3 is 17.9 Å². The Bertz CT molecular complexity index is 348. The fourth-order valence-electron chi connectivity index (χ4n) is 0.797. The molecule has 8 nitrogen and oxygen atoms in total. The fraction of sp³-hybridized carbons (Fsp3) is 0.300. The van der Waals surface area contributed by atoms with Crippen LogP contribution in [0.2, 0.25) is 0 Å². The number of hydrogen-bond acceptors (Lipinski definition) is 6. The highest BCUT2D eigenvalue weighted by Gasteiger charge is 2.39. The molecule has 0 radical (unpaired) electrons. The van der Waals surface area contributed by atoms with Crippen molar-refractivity contribution in [3.63, 3.8) is 0 Å². The van der Waals surface area contributed by atoms with Crippen LogP contribution in [-0.2, 0) is 28.9 Å². The number of aliphatic carboxylic acids is 2. The van der Waals surface area contributed by atoms with Crippen LogP contribution in [0, 0.1) is 0 Å². The molecule has 0 amide bonds. The minimum Gasteiger partial charge on any atom is -0.479 e. The molecule has 0 saturated heterocycles. The van der Waals surface area contributed by atoms with Gasteiger partial charge in [-0.15, -0.1) is 6.58 Å². The molecule has 2 unspecified atom stereocenters. The summed E-state index contributed by atoms with van der Waals surface area (Å²) < 4.78 is 4.35. The van der Waals surface area contributed by atoms with E-state index in [0.29, 0.717) is 6.08 Å². The van der Waals surface area contributed by atoms with Crippen molar-refractivity contribution in [1.82, 2.24) is 0 Å². The van der Waals surface area contributed by atoms with Gasteiger partial charge in [-0.05, 0) is 0 Å². The Balaban J connectivity index is 4.81. The third kappa shape index (κ3) is 5.23. The quantitative estimate of drug-likeness (QED) is 0.145. The number of carboxylic acid groups (broad SMARTS) is 2. The molecular weight excluding hydrogens is 248 g/mol. The van der Waals surface area contributed by atoms with Crippen molar-refractivity contribution in [3.8, 4) is 0 Å². The molecule has 0 aliphatic rings. The number of carboxylic acids is 2. The van der Waals surface area contributed by atoms with Gasteiger partial charge in [-0.1, -0.05) is 12.7 Å². The lowest BCUT2D eigenvalue weighted by Crippen LogP contribution is -2.44. The summed E-state index contributed by atoms with van der Waals surface area (Å²) in [6.45, 7) is 6.17. The average Bonchev–Trinajstić information content (AvgIpc) is 2.31. The van der Waals surface area contributed by atoms with E-state index in [0.717, 1.165) is 0 Å². The number of hydrogen-bond donors (Lipinski definition) is 2. The number of ether oxygens (including phenoxy) is 1. The van der Waals surface area contributed by atoms with Crippen LogP contribution in [0.1, 0.15) is 0 Å². The second-order valence-corrected chi connectivity index (χ2v) is 2.83. The molecule has 0 aliphatic carbocycles. The molecule has 100 valence electrons. The standard InChI is InChI=1S/C10H12O8/c1-3-5-16-18-8(10(14)15)7(9(12)13)17-6(11)4-2/h3-4,7-8H,1-2,5H2,(H,12,13)(H,14,15).